The van der Waals surface area contributed by atoms with Gasteiger partial charge in [-0.15, -0.1) is 0 Å². The lowest BCUT2D eigenvalue weighted by Gasteiger charge is -2.44. The lowest BCUT2D eigenvalue weighted by atomic mass is 9.76. The number of hydrogen-bond donors (Lipinski definition) is 1. The van der Waals surface area contributed by atoms with E-state index >= 15 is 0 Å². The van der Waals surface area contributed by atoms with E-state index in [9.17, 15) is 18.0 Å². The molecule has 1 N–H and O–H groups in total. The molecule has 1 spiro atoms. The van der Waals surface area contributed by atoms with Crippen LogP contribution in [0.4, 0.5) is 19.0 Å². The number of pyridine rings is 1. The summed E-state index contributed by atoms with van der Waals surface area (Å²) in [7, 11) is 1.44. The molecule has 2 heterocycles. The summed E-state index contributed by atoms with van der Waals surface area (Å²) in [5.41, 5.74) is 1.26. The van der Waals surface area contributed by atoms with Crippen molar-refractivity contribution >= 4 is 11.8 Å². The van der Waals surface area contributed by atoms with E-state index in [0.29, 0.717) is 18.8 Å². The largest absolute Gasteiger partial charge is 0.487 e. The van der Waals surface area contributed by atoms with Crippen molar-refractivity contribution in [2.45, 2.75) is 82.0 Å². The predicted octanol–water partition coefficient (Wildman–Crippen LogP) is 6.52. The third-order valence-electron chi connectivity index (χ3n) is 8.24. The van der Waals surface area contributed by atoms with Gasteiger partial charge in [0.05, 0.1) is 18.6 Å². The highest BCUT2D eigenvalue weighted by molar-refractivity contribution is 5.73. The first-order valence-electron chi connectivity index (χ1n) is 12.9. The topological polar surface area (TPSA) is 60.5 Å². The summed E-state index contributed by atoms with van der Waals surface area (Å²) in [5, 5.41) is 3.04. The molecule has 0 radical (unpaired) electrons. The predicted molar refractivity (Wildman–Crippen MR) is 130 cm³/mol. The molecule has 2 aromatic rings. The second kappa shape index (κ2) is 9.60. The number of methoxy groups -OCH3 is 1. The summed E-state index contributed by atoms with van der Waals surface area (Å²) in [6, 6.07) is 8.67. The maximum Gasteiger partial charge on any atom is 0.419 e. The number of esters is 1. The molecule has 2 aliphatic carbocycles. The normalized spacial score (nSPS) is 25.4. The molecule has 36 heavy (non-hydrogen) atoms. The maximum absolute atomic E-state index is 13.4. The molecule has 1 aliphatic heterocycles. The zero-order valence-corrected chi connectivity index (χ0v) is 20.7. The minimum atomic E-state index is -4.44. The van der Waals surface area contributed by atoms with E-state index < -0.39 is 11.7 Å². The zero-order valence-electron chi connectivity index (χ0n) is 20.7. The van der Waals surface area contributed by atoms with Crippen molar-refractivity contribution in [2.75, 3.05) is 12.4 Å². The average Bonchev–Trinajstić information content (AvgIpc) is 3.70. The lowest BCUT2D eigenvalue weighted by Crippen LogP contribution is -2.45. The summed E-state index contributed by atoms with van der Waals surface area (Å²) in [5.74, 6) is 0.991. The second-order valence-corrected chi connectivity index (χ2v) is 10.6. The molecular weight excluding hydrogens is 469 g/mol. The van der Waals surface area contributed by atoms with Crippen molar-refractivity contribution in [3.05, 3.63) is 53.2 Å². The lowest BCUT2D eigenvalue weighted by molar-refractivity contribution is -0.145. The van der Waals surface area contributed by atoms with Crippen LogP contribution in [0, 0.1) is 11.8 Å². The number of hydrogen-bond acceptors (Lipinski definition) is 5. The molecule has 1 aromatic heterocycles. The van der Waals surface area contributed by atoms with Crippen molar-refractivity contribution in [1.82, 2.24) is 4.98 Å². The van der Waals surface area contributed by atoms with Gasteiger partial charge in [0.1, 0.15) is 17.2 Å². The van der Waals surface area contributed by atoms with Gasteiger partial charge < -0.3 is 14.8 Å². The van der Waals surface area contributed by atoms with Crippen LogP contribution in [0.2, 0.25) is 0 Å². The Balaban J connectivity index is 1.28. The minimum absolute atomic E-state index is 0.0805. The van der Waals surface area contributed by atoms with E-state index in [1.807, 2.05) is 6.92 Å². The number of anilines is 1. The highest BCUT2D eigenvalue weighted by atomic mass is 19.4. The van der Waals surface area contributed by atoms with E-state index in [0.717, 1.165) is 55.9 Å². The Bertz CT molecular complexity index is 1110. The molecule has 3 aliphatic rings. The third kappa shape index (κ3) is 5.04. The third-order valence-corrected chi connectivity index (χ3v) is 8.24. The summed E-state index contributed by atoms with van der Waals surface area (Å²) in [6.45, 7) is 1.94. The van der Waals surface area contributed by atoms with Gasteiger partial charge in [-0.05, 0) is 92.5 Å². The highest BCUT2D eigenvalue weighted by Crippen LogP contribution is 2.49. The first kappa shape index (κ1) is 24.9. The van der Waals surface area contributed by atoms with Crippen LogP contribution in [0.5, 0.6) is 5.75 Å². The van der Waals surface area contributed by atoms with Crippen LogP contribution in [0.3, 0.4) is 0 Å². The van der Waals surface area contributed by atoms with Crippen LogP contribution in [0.15, 0.2) is 36.5 Å². The van der Waals surface area contributed by atoms with Crippen molar-refractivity contribution in [3.8, 4) is 5.75 Å². The molecule has 2 atom stereocenters. The Labute approximate surface area is 209 Å². The van der Waals surface area contributed by atoms with Gasteiger partial charge in [-0.25, -0.2) is 4.98 Å². The van der Waals surface area contributed by atoms with E-state index in [1.165, 1.54) is 24.9 Å². The molecule has 1 aromatic carbocycles. The Kier molecular flexibility index (Phi) is 6.64. The smallest absolute Gasteiger partial charge is 0.419 e. The van der Waals surface area contributed by atoms with E-state index in [-0.39, 0.29) is 35.3 Å². The molecular formula is C28H33F3N2O3. The first-order chi connectivity index (χ1) is 17.2. The fraction of sp³-hybridized carbons (Fsp3) is 0.571. The Morgan fingerprint density at radius 2 is 1.92 bits per heavy atom. The van der Waals surface area contributed by atoms with Crippen LogP contribution in [-0.2, 0) is 22.1 Å². The molecule has 5 rings (SSSR count). The number of nitrogens with one attached hydrogen (secondary N) is 1. The number of benzene rings is 1. The molecule has 8 heteroatoms. The molecule has 2 unspecified atom stereocenters. The molecule has 0 saturated heterocycles. The van der Waals surface area contributed by atoms with Gasteiger partial charge in [0.25, 0.3) is 0 Å². The van der Waals surface area contributed by atoms with Gasteiger partial charge in [-0.1, -0.05) is 19.1 Å². The minimum Gasteiger partial charge on any atom is -0.487 e. The molecule has 2 fully saturated rings. The monoisotopic (exact) mass is 502 g/mol. The standard InChI is InChI=1S/C28H33F3N2O3/c1-17(26(34)35-2)24(19-6-7-19)20-8-5-18-9-12-27(36-23(18)16-20)13-10-21(11-14-27)33-25-22(28(29,30)31)4-3-15-32-25/h3-5,8,15-17,19,21,24H,6-7,9-14H2,1-2H3,(H,32,33). The fourth-order valence-electron chi connectivity index (χ4n) is 6.07. The number of carbonyl (C=O) groups excluding carboxylic acids is 1. The van der Waals surface area contributed by atoms with E-state index in [4.69, 9.17) is 9.47 Å². The number of aryl methyl sites for hydroxylation is 1. The van der Waals surface area contributed by atoms with Gasteiger partial charge in [0.2, 0.25) is 0 Å². The van der Waals surface area contributed by atoms with Gasteiger partial charge in [0, 0.05) is 12.2 Å². The first-order valence-corrected chi connectivity index (χ1v) is 12.9. The van der Waals surface area contributed by atoms with Gasteiger partial charge in [0.15, 0.2) is 0 Å². The number of ether oxygens (including phenoxy) is 2. The van der Waals surface area contributed by atoms with Crippen molar-refractivity contribution < 1.29 is 27.4 Å². The summed E-state index contributed by atoms with van der Waals surface area (Å²) in [6.07, 6.45) is 3.96. The SMILES string of the molecule is COC(=O)C(C)C(c1ccc2c(c1)OC1(CC2)CCC(Nc2ncccc2C(F)(F)F)CC1)C1CC1. The number of rotatable bonds is 6. The molecule has 2 saturated carbocycles. The van der Waals surface area contributed by atoms with Crippen LogP contribution >= 0.6 is 0 Å². The van der Waals surface area contributed by atoms with E-state index in [1.54, 1.807) is 0 Å². The molecule has 5 nitrogen and oxygen atoms in total. The van der Waals surface area contributed by atoms with Crippen molar-refractivity contribution in [3.63, 3.8) is 0 Å². The zero-order chi connectivity index (χ0) is 25.5. The maximum atomic E-state index is 13.4. The van der Waals surface area contributed by atoms with Gasteiger partial charge in [-0.3, -0.25) is 4.79 Å². The number of carbonyl (C=O) groups is 1. The number of fused-ring (bicyclic) bond motifs is 1. The second-order valence-electron chi connectivity index (χ2n) is 10.6. The summed E-state index contributed by atoms with van der Waals surface area (Å²) < 4.78 is 51.8. The molecule has 0 bridgehead atoms. The highest BCUT2D eigenvalue weighted by Gasteiger charge is 2.43. The van der Waals surface area contributed by atoms with Crippen LogP contribution in [0.1, 0.15) is 74.5 Å². The Morgan fingerprint density at radius 1 is 1.17 bits per heavy atom. The summed E-state index contributed by atoms with van der Waals surface area (Å²) in [4.78, 5) is 16.3. The average molecular weight is 503 g/mol. The molecule has 194 valence electrons. The number of alkyl halides is 3. The quantitative estimate of drug-likeness (QED) is 0.456. The number of nitrogens with zero attached hydrogens (tertiary/aromatic N) is 1. The summed E-state index contributed by atoms with van der Waals surface area (Å²) >= 11 is 0. The van der Waals surface area contributed by atoms with Crippen LogP contribution in [-0.4, -0.2) is 29.7 Å². The van der Waals surface area contributed by atoms with Crippen molar-refractivity contribution in [2.24, 2.45) is 11.8 Å². The Morgan fingerprint density at radius 3 is 2.58 bits per heavy atom. The van der Waals surface area contributed by atoms with Crippen molar-refractivity contribution in [1.29, 1.82) is 0 Å². The fourth-order valence-corrected chi connectivity index (χ4v) is 6.07. The van der Waals surface area contributed by atoms with Crippen LogP contribution < -0.4 is 10.1 Å². The van der Waals surface area contributed by atoms with Gasteiger partial charge in [-0.2, -0.15) is 13.2 Å². The Hall–Kier alpha value is -2.77. The molecule has 0 amide bonds. The number of halogens is 3. The van der Waals surface area contributed by atoms with E-state index in [2.05, 4.69) is 28.5 Å². The van der Waals surface area contributed by atoms with Crippen LogP contribution in [0.25, 0.3) is 0 Å². The number of aromatic nitrogens is 1. The van der Waals surface area contributed by atoms with Gasteiger partial charge >= 0.3 is 12.1 Å².